The molecule has 184 valence electrons. The minimum absolute atomic E-state index is 0.247. The van der Waals surface area contributed by atoms with Gasteiger partial charge in [-0.15, -0.1) is 0 Å². The van der Waals surface area contributed by atoms with Gasteiger partial charge >= 0.3 is 0 Å². The number of aromatic nitrogens is 1. The predicted molar refractivity (Wildman–Crippen MR) is 141 cm³/mol. The van der Waals surface area contributed by atoms with Gasteiger partial charge in [0.1, 0.15) is 5.82 Å². The second kappa shape index (κ2) is 10.4. The van der Waals surface area contributed by atoms with Crippen molar-refractivity contribution in [1.29, 1.82) is 0 Å². The van der Waals surface area contributed by atoms with Crippen molar-refractivity contribution in [3.8, 4) is 17.0 Å². The van der Waals surface area contributed by atoms with Crippen LogP contribution in [-0.4, -0.2) is 47.5 Å². The Hall–Kier alpha value is -3.81. The molecule has 6 nitrogen and oxygen atoms in total. The average molecular weight is 486 g/mol. The molecule has 3 aromatic carbocycles. The number of rotatable bonds is 6. The number of H-pyrrole nitrogens is 1. The molecule has 5 rings (SSSR count). The summed E-state index contributed by atoms with van der Waals surface area (Å²) in [5, 5.41) is 11.5. The number of hydrogen-bond donors (Lipinski definition) is 2. The second-order valence-corrected chi connectivity index (χ2v) is 9.12. The molecule has 4 aromatic rings. The minimum Gasteiger partial charge on any atom is -0.494 e. The molecule has 0 unspecified atom stereocenters. The quantitative estimate of drug-likeness (QED) is 0.359. The Morgan fingerprint density at radius 1 is 1.03 bits per heavy atom. The van der Waals surface area contributed by atoms with Crippen LogP contribution < -0.4 is 5.56 Å². The molecule has 0 saturated carbocycles. The summed E-state index contributed by atoms with van der Waals surface area (Å²) < 4.78 is 18.8. The third kappa shape index (κ3) is 5.22. The predicted octanol–water partition coefficient (Wildman–Crippen LogP) is 5.40. The maximum Gasteiger partial charge on any atom is 0.258 e. The monoisotopic (exact) mass is 485 g/mol. The van der Waals surface area contributed by atoms with Crippen LogP contribution in [0.2, 0.25) is 0 Å². The molecule has 0 radical (unpaired) electrons. The topological polar surface area (TPSA) is 77.9 Å². The summed E-state index contributed by atoms with van der Waals surface area (Å²) in [5.41, 5.74) is 3.60. The number of hydrogen-bond acceptors (Lipinski definition) is 5. The van der Waals surface area contributed by atoms with Crippen molar-refractivity contribution < 1.29 is 14.2 Å². The lowest BCUT2D eigenvalue weighted by atomic mass is 9.99. The number of aliphatic imine (C=N–C) groups is 1. The van der Waals surface area contributed by atoms with E-state index in [1.807, 2.05) is 18.2 Å². The number of fused-ring (bicyclic) bond motifs is 1. The molecular formula is C29H28FN3O3. The van der Waals surface area contributed by atoms with Gasteiger partial charge in [-0.2, -0.15) is 0 Å². The van der Waals surface area contributed by atoms with E-state index in [0.29, 0.717) is 22.4 Å². The number of aromatic hydroxyl groups is 1. The Morgan fingerprint density at radius 2 is 1.72 bits per heavy atom. The lowest BCUT2D eigenvalue weighted by molar-refractivity contribution is 0.0389. The standard InChI is InChI=1S/C29H28FN3O3/c1-36-24-12-14-33(15-13-24)18-19-2-9-23(10-3-19)31-17-27-26-16-21(20-4-7-22(30)8-5-20)6-11-25(26)28(34)32-29(27)35/h2-11,16-17,24H,12-15,18H2,1H3,(H2,32,34,35). The first-order valence-electron chi connectivity index (χ1n) is 12.0. The van der Waals surface area contributed by atoms with Crippen molar-refractivity contribution in [3.63, 3.8) is 0 Å². The van der Waals surface area contributed by atoms with E-state index >= 15 is 0 Å². The molecule has 36 heavy (non-hydrogen) atoms. The van der Waals surface area contributed by atoms with Crippen LogP contribution in [0.4, 0.5) is 10.1 Å². The van der Waals surface area contributed by atoms with E-state index in [4.69, 9.17) is 4.74 Å². The lowest BCUT2D eigenvalue weighted by Crippen LogP contribution is -2.36. The number of piperidine rings is 1. The number of nitrogens with zero attached hydrogens (tertiary/aromatic N) is 2. The fraction of sp³-hybridized carbons (Fsp3) is 0.241. The maximum atomic E-state index is 13.4. The van der Waals surface area contributed by atoms with Gasteiger partial charge in [0.05, 0.1) is 17.4 Å². The second-order valence-electron chi connectivity index (χ2n) is 9.12. The summed E-state index contributed by atoms with van der Waals surface area (Å²) in [5.74, 6) is -0.563. The summed E-state index contributed by atoms with van der Waals surface area (Å²) in [6.45, 7) is 2.94. The van der Waals surface area contributed by atoms with Crippen LogP contribution >= 0.6 is 0 Å². The van der Waals surface area contributed by atoms with Gasteiger partial charge in [0.2, 0.25) is 5.88 Å². The smallest absolute Gasteiger partial charge is 0.258 e. The van der Waals surface area contributed by atoms with E-state index in [-0.39, 0.29) is 17.3 Å². The molecule has 0 atom stereocenters. The van der Waals surface area contributed by atoms with Crippen molar-refractivity contribution in [1.82, 2.24) is 9.88 Å². The number of methoxy groups -OCH3 is 1. The molecule has 1 aliphatic heterocycles. The third-order valence-electron chi connectivity index (χ3n) is 6.77. The number of pyridine rings is 1. The highest BCUT2D eigenvalue weighted by molar-refractivity contribution is 6.03. The molecule has 0 amide bonds. The average Bonchev–Trinajstić information content (AvgIpc) is 2.90. The van der Waals surface area contributed by atoms with Crippen LogP contribution in [0.15, 0.2) is 76.5 Å². The SMILES string of the molecule is COC1CCN(Cc2ccc(N=Cc3c(O)[nH]c(=O)c4ccc(-c5ccc(F)cc5)cc34)cc2)CC1. The van der Waals surface area contributed by atoms with E-state index in [1.54, 1.807) is 37.6 Å². The zero-order chi connectivity index (χ0) is 25.1. The first-order chi connectivity index (χ1) is 17.5. The Bertz CT molecular complexity index is 1440. The highest BCUT2D eigenvalue weighted by Crippen LogP contribution is 2.28. The summed E-state index contributed by atoms with van der Waals surface area (Å²) in [6.07, 6.45) is 4.04. The van der Waals surface area contributed by atoms with Gasteiger partial charge in [0.25, 0.3) is 5.56 Å². The molecule has 1 fully saturated rings. The Labute approximate surface area is 208 Å². The van der Waals surface area contributed by atoms with Gasteiger partial charge in [0.15, 0.2) is 0 Å². The molecule has 0 aliphatic carbocycles. The van der Waals surface area contributed by atoms with E-state index in [2.05, 4.69) is 27.0 Å². The summed E-state index contributed by atoms with van der Waals surface area (Å²) in [4.78, 5) is 21.9. The highest BCUT2D eigenvalue weighted by Gasteiger charge is 2.18. The van der Waals surface area contributed by atoms with Gasteiger partial charge in [-0.25, -0.2) is 4.39 Å². The van der Waals surface area contributed by atoms with Crippen LogP contribution in [0.1, 0.15) is 24.0 Å². The number of halogens is 1. The fourth-order valence-electron chi connectivity index (χ4n) is 4.68. The van der Waals surface area contributed by atoms with Crippen molar-refractivity contribution in [2.75, 3.05) is 20.2 Å². The molecular weight excluding hydrogens is 457 g/mol. The van der Waals surface area contributed by atoms with Crippen LogP contribution in [-0.2, 0) is 11.3 Å². The largest absolute Gasteiger partial charge is 0.494 e. The third-order valence-corrected chi connectivity index (χ3v) is 6.77. The molecule has 2 N–H and O–H groups in total. The number of ether oxygens (including phenoxy) is 1. The van der Waals surface area contributed by atoms with Crippen molar-refractivity contribution in [2.45, 2.75) is 25.5 Å². The Balaban J connectivity index is 1.38. The number of benzene rings is 3. The molecule has 1 aliphatic rings. The van der Waals surface area contributed by atoms with Crippen LogP contribution in [0.3, 0.4) is 0 Å². The van der Waals surface area contributed by atoms with E-state index in [9.17, 15) is 14.3 Å². The zero-order valence-corrected chi connectivity index (χ0v) is 20.1. The first-order valence-corrected chi connectivity index (χ1v) is 12.0. The van der Waals surface area contributed by atoms with Crippen molar-refractivity contribution >= 4 is 22.7 Å². The fourth-order valence-corrected chi connectivity index (χ4v) is 4.68. The van der Waals surface area contributed by atoms with Gasteiger partial charge in [-0.1, -0.05) is 30.3 Å². The molecule has 7 heteroatoms. The first kappa shape index (κ1) is 23.9. The molecule has 0 spiro atoms. The van der Waals surface area contributed by atoms with Gasteiger partial charge < -0.3 is 9.84 Å². The van der Waals surface area contributed by atoms with E-state index in [0.717, 1.165) is 49.3 Å². The normalized spacial score (nSPS) is 15.2. The minimum atomic E-state index is -0.385. The number of nitrogens with one attached hydrogen (secondary N) is 1. The van der Waals surface area contributed by atoms with Gasteiger partial charge in [0, 0.05) is 43.7 Å². The Morgan fingerprint density at radius 3 is 2.42 bits per heavy atom. The summed E-state index contributed by atoms with van der Waals surface area (Å²) in [7, 11) is 1.78. The number of aromatic amines is 1. The molecule has 2 heterocycles. The molecule has 1 saturated heterocycles. The zero-order valence-electron chi connectivity index (χ0n) is 20.1. The van der Waals surface area contributed by atoms with Gasteiger partial charge in [-0.3, -0.25) is 19.7 Å². The summed E-state index contributed by atoms with van der Waals surface area (Å²) >= 11 is 0. The number of likely N-dealkylation sites (tertiary alicyclic amines) is 1. The summed E-state index contributed by atoms with van der Waals surface area (Å²) in [6, 6.07) is 19.5. The van der Waals surface area contributed by atoms with Crippen LogP contribution in [0.5, 0.6) is 5.88 Å². The van der Waals surface area contributed by atoms with Gasteiger partial charge in [-0.05, 0) is 65.9 Å². The van der Waals surface area contributed by atoms with E-state index in [1.165, 1.54) is 17.7 Å². The highest BCUT2D eigenvalue weighted by atomic mass is 19.1. The Kier molecular flexibility index (Phi) is 6.93. The lowest BCUT2D eigenvalue weighted by Gasteiger charge is -2.31. The molecule has 0 bridgehead atoms. The van der Waals surface area contributed by atoms with Crippen molar-refractivity contribution in [2.24, 2.45) is 4.99 Å². The van der Waals surface area contributed by atoms with Crippen molar-refractivity contribution in [3.05, 3.63) is 94.0 Å². The van der Waals surface area contributed by atoms with Crippen LogP contribution in [0, 0.1) is 5.82 Å². The molecule has 1 aromatic heterocycles. The van der Waals surface area contributed by atoms with Crippen LogP contribution in [0.25, 0.3) is 21.9 Å². The van der Waals surface area contributed by atoms with E-state index < -0.39 is 0 Å². The maximum absolute atomic E-state index is 13.4.